The number of carbonyl (C=O) groups excluding carboxylic acids is 3. The second kappa shape index (κ2) is 12.6. The summed E-state index contributed by atoms with van der Waals surface area (Å²) in [7, 11) is 0. The van der Waals surface area contributed by atoms with Gasteiger partial charge in [-0.3, -0.25) is 19.8 Å². The minimum absolute atomic E-state index is 0.0511. The Bertz CT molecular complexity index is 456. The van der Waals surface area contributed by atoms with Crippen molar-refractivity contribution in [3.8, 4) is 0 Å². The van der Waals surface area contributed by atoms with Crippen LogP contribution in [-0.2, 0) is 14.4 Å². The molecule has 3 amide bonds. The molecule has 0 saturated carbocycles. The van der Waals surface area contributed by atoms with Crippen LogP contribution in [-0.4, -0.2) is 42.4 Å². The summed E-state index contributed by atoms with van der Waals surface area (Å²) in [6.45, 7) is 8.06. The molecule has 0 aliphatic heterocycles. The van der Waals surface area contributed by atoms with Crippen LogP contribution in [0, 0.1) is 11.8 Å². The third-order valence-electron chi connectivity index (χ3n) is 4.08. The first-order chi connectivity index (χ1) is 12.1. The monoisotopic (exact) mass is 372 g/mol. The van der Waals surface area contributed by atoms with E-state index < -0.39 is 29.9 Å². The number of unbranched alkanes of at least 4 members (excludes halogenated alkanes) is 1. The highest BCUT2D eigenvalue weighted by Gasteiger charge is 2.28. The summed E-state index contributed by atoms with van der Waals surface area (Å²) in [5.74, 6) is 4.02. The van der Waals surface area contributed by atoms with E-state index >= 15 is 0 Å². The molecule has 26 heavy (non-hydrogen) atoms. The molecule has 0 aromatic rings. The molecule has 0 spiro atoms. The number of hydrogen-bond donors (Lipinski definition) is 6. The Balaban J connectivity index is 5.06. The minimum Gasteiger partial charge on any atom is -0.343 e. The lowest BCUT2D eigenvalue weighted by atomic mass is 10.00. The molecule has 0 fully saturated rings. The van der Waals surface area contributed by atoms with E-state index in [1.807, 2.05) is 27.7 Å². The van der Waals surface area contributed by atoms with Crippen molar-refractivity contribution in [2.24, 2.45) is 29.1 Å². The summed E-state index contributed by atoms with van der Waals surface area (Å²) in [4.78, 5) is 36.8. The quantitative estimate of drug-likeness (QED) is 0.112. The minimum atomic E-state index is -0.774. The van der Waals surface area contributed by atoms with E-state index in [0.717, 1.165) is 6.42 Å². The molecule has 9 heteroatoms. The lowest BCUT2D eigenvalue weighted by Gasteiger charge is -2.25. The summed E-state index contributed by atoms with van der Waals surface area (Å²) in [5.41, 5.74) is 13.4. The van der Waals surface area contributed by atoms with E-state index in [1.54, 1.807) is 0 Å². The number of carbonyl (C=O) groups is 3. The summed E-state index contributed by atoms with van der Waals surface area (Å²) in [6, 6.07) is -2.25. The van der Waals surface area contributed by atoms with E-state index in [2.05, 4.69) is 16.1 Å². The Labute approximate surface area is 156 Å². The van der Waals surface area contributed by atoms with Gasteiger partial charge in [0.05, 0.1) is 6.04 Å². The third-order valence-corrected chi connectivity index (χ3v) is 4.08. The van der Waals surface area contributed by atoms with Crippen molar-refractivity contribution in [1.82, 2.24) is 16.1 Å². The maximum atomic E-state index is 12.7. The zero-order chi connectivity index (χ0) is 20.3. The molecule has 0 aliphatic rings. The van der Waals surface area contributed by atoms with Gasteiger partial charge in [0.1, 0.15) is 12.1 Å². The molecule has 0 unspecified atom stereocenters. The van der Waals surface area contributed by atoms with E-state index in [1.165, 1.54) is 0 Å². The van der Waals surface area contributed by atoms with E-state index in [-0.39, 0.29) is 17.7 Å². The zero-order valence-corrected chi connectivity index (χ0v) is 16.4. The number of hydrazine groups is 1. The molecule has 0 aromatic carbocycles. The normalized spacial score (nSPS) is 14.7. The van der Waals surface area contributed by atoms with Crippen molar-refractivity contribution >= 4 is 17.7 Å². The van der Waals surface area contributed by atoms with Crippen LogP contribution >= 0.6 is 0 Å². The molecule has 9 nitrogen and oxygen atoms in total. The maximum absolute atomic E-state index is 12.7. The van der Waals surface area contributed by atoms with Crippen LogP contribution in [0.5, 0.6) is 0 Å². The molecular weight excluding hydrogens is 336 g/mol. The van der Waals surface area contributed by atoms with Crippen molar-refractivity contribution in [3.63, 3.8) is 0 Å². The largest absolute Gasteiger partial charge is 0.343 e. The molecule has 0 bridgehead atoms. The predicted molar refractivity (Wildman–Crippen MR) is 101 cm³/mol. The van der Waals surface area contributed by atoms with Gasteiger partial charge >= 0.3 is 0 Å². The predicted octanol–water partition coefficient (Wildman–Crippen LogP) is -0.896. The van der Waals surface area contributed by atoms with Gasteiger partial charge < -0.3 is 22.1 Å². The summed E-state index contributed by atoms with van der Waals surface area (Å²) in [5, 5.41) is 5.38. The second-order valence-corrected chi connectivity index (χ2v) is 7.31. The van der Waals surface area contributed by atoms with E-state index in [4.69, 9.17) is 17.3 Å². The van der Waals surface area contributed by atoms with Gasteiger partial charge in [0.25, 0.3) is 5.91 Å². The molecule has 0 radical (unpaired) electrons. The van der Waals surface area contributed by atoms with Crippen LogP contribution in [0.3, 0.4) is 0 Å². The first kappa shape index (κ1) is 24.3. The van der Waals surface area contributed by atoms with Crippen LogP contribution in [0.15, 0.2) is 0 Å². The second-order valence-electron chi connectivity index (χ2n) is 7.31. The smallest absolute Gasteiger partial charge is 0.256 e. The Kier molecular flexibility index (Phi) is 11.8. The number of nitrogens with one attached hydrogen (secondary N) is 3. The molecular formula is C17H36N6O3. The summed E-state index contributed by atoms with van der Waals surface area (Å²) in [6.07, 6.45) is 2.26. The highest BCUT2D eigenvalue weighted by Crippen LogP contribution is 2.08. The molecule has 0 aliphatic carbocycles. The van der Waals surface area contributed by atoms with Crippen molar-refractivity contribution < 1.29 is 14.4 Å². The lowest BCUT2D eigenvalue weighted by molar-refractivity contribution is -0.133. The first-order valence-electron chi connectivity index (χ1n) is 9.20. The number of nitrogens with two attached hydrogens (primary N) is 3. The molecule has 0 rings (SSSR count). The highest BCUT2D eigenvalue weighted by atomic mass is 16.2. The SMILES string of the molecule is CC(C)C[C@H](NC(=O)[C@H](N)C(C)C)C(=O)N[C@@H](CCCCN)C(=O)NN. The fraction of sp³-hybridized carbons (Fsp3) is 0.824. The number of hydrogen-bond acceptors (Lipinski definition) is 6. The fourth-order valence-electron chi connectivity index (χ4n) is 2.41. The molecule has 0 heterocycles. The average Bonchev–Trinajstić information content (AvgIpc) is 2.58. The summed E-state index contributed by atoms with van der Waals surface area (Å²) >= 11 is 0. The standard InChI is InChI=1S/C17H36N6O3/c1-10(2)9-13(22-17(26)14(19)11(3)4)15(24)21-12(16(25)23-20)7-5-6-8-18/h10-14H,5-9,18-20H2,1-4H3,(H,21,24)(H,22,26)(H,23,25)/t12-,13-,14+/m0/s1. The van der Waals surface area contributed by atoms with Gasteiger partial charge in [-0.15, -0.1) is 0 Å². The lowest BCUT2D eigenvalue weighted by Crippen LogP contribution is -2.57. The topological polar surface area (TPSA) is 165 Å². The van der Waals surface area contributed by atoms with E-state index in [9.17, 15) is 14.4 Å². The molecule has 152 valence electrons. The van der Waals surface area contributed by atoms with Gasteiger partial charge in [-0.25, -0.2) is 5.84 Å². The maximum Gasteiger partial charge on any atom is 0.256 e. The molecule has 0 aromatic heterocycles. The summed E-state index contributed by atoms with van der Waals surface area (Å²) < 4.78 is 0. The van der Waals surface area contributed by atoms with Gasteiger partial charge in [0.15, 0.2) is 0 Å². The Morgan fingerprint density at radius 1 is 0.885 bits per heavy atom. The van der Waals surface area contributed by atoms with Gasteiger partial charge in [0.2, 0.25) is 11.8 Å². The Morgan fingerprint density at radius 2 is 1.46 bits per heavy atom. The van der Waals surface area contributed by atoms with E-state index in [0.29, 0.717) is 25.8 Å². The van der Waals surface area contributed by atoms with Crippen LogP contribution in [0.2, 0.25) is 0 Å². The van der Waals surface area contributed by atoms with Crippen molar-refractivity contribution in [1.29, 1.82) is 0 Å². The highest BCUT2D eigenvalue weighted by molar-refractivity contribution is 5.92. The fourth-order valence-corrected chi connectivity index (χ4v) is 2.41. The molecule has 3 atom stereocenters. The van der Waals surface area contributed by atoms with Gasteiger partial charge in [-0.1, -0.05) is 27.7 Å². The molecule has 0 saturated heterocycles. The number of rotatable bonds is 12. The van der Waals surface area contributed by atoms with Gasteiger partial charge in [0, 0.05) is 0 Å². The van der Waals surface area contributed by atoms with Crippen LogP contribution < -0.4 is 33.4 Å². The third kappa shape index (κ3) is 9.12. The van der Waals surface area contributed by atoms with Crippen LogP contribution in [0.4, 0.5) is 0 Å². The average molecular weight is 373 g/mol. The van der Waals surface area contributed by atoms with Crippen molar-refractivity contribution in [2.75, 3.05) is 6.54 Å². The Hall–Kier alpha value is -1.71. The first-order valence-corrected chi connectivity index (χ1v) is 9.20. The van der Waals surface area contributed by atoms with Gasteiger partial charge in [-0.2, -0.15) is 0 Å². The molecule has 9 N–H and O–H groups in total. The van der Waals surface area contributed by atoms with Crippen LogP contribution in [0.25, 0.3) is 0 Å². The van der Waals surface area contributed by atoms with Gasteiger partial charge in [-0.05, 0) is 44.1 Å². The Morgan fingerprint density at radius 3 is 1.92 bits per heavy atom. The van der Waals surface area contributed by atoms with Crippen molar-refractivity contribution in [3.05, 3.63) is 0 Å². The number of amides is 3. The zero-order valence-electron chi connectivity index (χ0n) is 16.4. The van der Waals surface area contributed by atoms with Crippen molar-refractivity contribution in [2.45, 2.75) is 71.5 Å². The van der Waals surface area contributed by atoms with Crippen LogP contribution in [0.1, 0.15) is 53.4 Å².